The van der Waals surface area contributed by atoms with Crippen molar-refractivity contribution in [3.8, 4) is 0 Å². The molecule has 3 heterocycles. The summed E-state index contributed by atoms with van der Waals surface area (Å²) < 4.78 is 5.50. The first-order valence-corrected chi connectivity index (χ1v) is 6.72. The Bertz CT molecular complexity index is 469. The van der Waals surface area contributed by atoms with Crippen molar-refractivity contribution in [3.05, 3.63) is 30.1 Å². The Balaban J connectivity index is 1.75. The summed E-state index contributed by atoms with van der Waals surface area (Å²) in [5.41, 5.74) is 0.947. The summed E-state index contributed by atoms with van der Waals surface area (Å²) in [5, 5.41) is 0. The van der Waals surface area contributed by atoms with E-state index >= 15 is 0 Å². The van der Waals surface area contributed by atoms with Gasteiger partial charge in [-0.15, -0.1) is 0 Å². The second-order valence-electron chi connectivity index (χ2n) is 4.92. The molecule has 5 nitrogen and oxygen atoms in total. The predicted octanol–water partition coefficient (Wildman–Crippen LogP) is 1.56. The van der Waals surface area contributed by atoms with Crippen molar-refractivity contribution in [1.29, 1.82) is 0 Å². The second-order valence-corrected chi connectivity index (χ2v) is 4.92. The number of hydrogen-bond acceptors (Lipinski definition) is 4. The van der Waals surface area contributed by atoms with Gasteiger partial charge in [-0.2, -0.15) is 0 Å². The van der Waals surface area contributed by atoms with E-state index in [1.165, 1.54) is 12.8 Å². The van der Waals surface area contributed by atoms with Gasteiger partial charge in [0.05, 0.1) is 0 Å². The number of amides is 1. The van der Waals surface area contributed by atoms with Gasteiger partial charge in [-0.05, 0) is 37.0 Å². The van der Waals surface area contributed by atoms with Gasteiger partial charge in [0, 0.05) is 25.5 Å². The van der Waals surface area contributed by atoms with Crippen LogP contribution < -0.4 is 0 Å². The molecule has 3 rings (SSSR count). The number of aromatic nitrogens is 1. The Labute approximate surface area is 112 Å². The molecule has 1 saturated heterocycles. The molecule has 1 unspecified atom stereocenters. The van der Waals surface area contributed by atoms with Crippen LogP contribution in [0.15, 0.2) is 29.5 Å². The normalized spacial score (nSPS) is 26.2. The van der Waals surface area contributed by atoms with Crippen molar-refractivity contribution in [2.24, 2.45) is 4.99 Å². The largest absolute Gasteiger partial charge is 0.473 e. The molecule has 1 fully saturated rings. The Morgan fingerprint density at radius 1 is 1.21 bits per heavy atom. The van der Waals surface area contributed by atoms with Gasteiger partial charge >= 0.3 is 0 Å². The lowest BCUT2D eigenvalue weighted by atomic mass is 10.0. The van der Waals surface area contributed by atoms with Crippen LogP contribution in [-0.2, 0) is 9.53 Å². The lowest BCUT2D eigenvalue weighted by Crippen LogP contribution is -2.42. The van der Waals surface area contributed by atoms with Gasteiger partial charge in [0.25, 0.3) is 5.91 Å². The first kappa shape index (κ1) is 12.1. The molecule has 0 saturated carbocycles. The summed E-state index contributed by atoms with van der Waals surface area (Å²) in [6.07, 6.45) is 7.89. The van der Waals surface area contributed by atoms with Crippen molar-refractivity contribution in [2.75, 3.05) is 13.1 Å². The molecule has 2 aliphatic heterocycles. The zero-order valence-electron chi connectivity index (χ0n) is 10.7. The molecule has 0 aromatic carbocycles. The van der Waals surface area contributed by atoms with E-state index in [9.17, 15) is 4.79 Å². The quantitative estimate of drug-likeness (QED) is 0.810. The summed E-state index contributed by atoms with van der Waals surface area (Å²) >= 11 is 0. The highest BCUT2D eigenvalue weighted by atomic mass is 16.5. The number of pyridine rings is 1. The Morgan fingerprint density at radius 2 is 1.95 bits per heavy atom. The minimum absolute atomic E-state index is 0.0789. The highest BCUT2D eigenvalue weighted by Gasteiger charge is 2.36. The monoisotopic (exact) mass is 259 g/mol. The van der Waals surface area contributed by atoms with Crippen molar-refractivity contribution in [1.82, 2.24) is 9.88 Å². The van der Waals surface area contributed by atoms with Crippen LogP contribution in [0.5, 0.6) is 0 Å². The zero-order valence-corrected chi connectivity index (χ0v) is 10.7. The fourth-order valence-electron chi connectivity index (χ4n) is 2.63. The van der Waals surface area contributed by atoms with E-state index in [2.05, 4.69) is 9.98 Å². The van der Waals surface area contributed by atoms with Gasteiger partial charge in [0.15, 0.2) is 18.5 Å². The summed E-state index contributed by atoms with van der Waals surface area (Å²) in [5.74, 6) is 0.0789. The van der Waals surface area contributed by atoms with Crippen molar-refractivity contribution in [2.45, 2.75) is 31.4 Å². The molecule has 5 heteroatoms. The molecule has 19 heavy (non-hydrogen) atoms. The number of piperidine rings is 1. The number of ether oxygens (including phenoxy) is 1. The molecule has 2 aliphatic rings. The van der Waals surface area contributed by atoms with E-state index in [4.69, 9.17) is 4.74 Å². The fraction of sp³-hybridized carbons (Fsp3) is 0.500. The molecule has 1 aromatic heterocycles. The topological polar surface area (TPSA) is 54.8 Å². The smallest absolute Gasteiger partial charge is 0.251 e. The molecule has 0 aliphatic carbocycles. The zero-order chi connectivity index (χ0) is 13.1. The maximum absolute atomic E-state index is 12.5. The third-order valence-corrected chi connectivity index (χ3v) is 3.67. The Hall–Kier alpha value is -1.91. The van der Waals surface area contributed by atoms with Crippen LogP contribution in [0.1, 0.15) is 30.9 Å². The molecule has 0 N–H and O–H groups in total. The number of hydrogen-bond donors (Lipinski definition) is 0. The molecular weight excluding hydrogens is 242 g/mol. The van der Waals surface area contributed by atoms with E-state index in [0.717, 1.165) is 31.5 Å². The van der Waals surface area contributed by atoms with Gasteiger partial charge in [0.2, 0.25) is 0 Å². The van der Waals surface area contributed by atoms with E-state index < -0.39 is 6.04 Å². The number of carbonyl (C=O) groups is 1. The average Bonchev–Trinajstić information content (AvgIpc) is 2.98. The van der Waals surface area contributed by atoms with Crippen LogP contribution in [0, 0.1) is 0 Å². The minimum Gasteiger partial charge on any atom is -0.473 e. The van der Waals surface area contributed by atoms with Gasteiger partial charge in [-0.1, -0.05) is 0 Å². The summed E-state index contributed by atoms with van der Waals surface area (Å²) in [4.78, 5) is 22.6. The predicted molar refractivity (Wildman–Crippen MR) is 70.8 cm³/mol. The lowest BCUT2D eigenvalue weighted by molar-refractivity contribution is -0.135. The molecule has 0 spiro atoms. The SMILES string of the molecule is O=C([C@H]1N=COC1c1ccncc1)N1CCCCC1. The molecule has 1 amide bonds. The Morgan fingerprint density at radius 3 is 2.68 bits per heavy atom. The van der Waals surface area contributed by atoms with Crippen LogP contribution in [0.3, 0.4) is 0 Å². The number of aliphatic imine (C=N–C) groups is 1. The van der Waals surface area contributed by atoms with Crippen LogP contribution in [0.4, 0.5) is 0 Å². The third kappa shape index (κ3) is 2.45. The fourth-order valence-corrected chi connectivity index (χ4v) is 2.63. The highest BCUT2D eigenvalue weighted by Crippen LogP contribution is 2.28. The van der Waals surface area contributed by atoms with Crippen molar-refractivity contribution >= 4 is 12.3 Å². The van der Waals surface area contributed by atoms with Crippen LogP contribution in [-0.4, -0.2) is 41.3 Å². The van der Waals surface area contributed by atoms with Gasteiger partial charge < -0.3 is 9.64 Å². The maximum atomic E-state index is 12.5. The molecule has 1 aromatic rings. The molecule has 100 valence electrons. The van der Waals surface area contributed by atoms with E-state index in [1.54, 1.807) is 12.4 Å². The average molecular weight is 259 g/mol. The van der Waals surface area contributed by atoms with Crippen LogP contribution in [0.25, 0.3) is 0 Å². The standard InChI is InChI=1S/C14H17N3O2/c18-14(17-8-2-1-3-9-17)12-13(19-10-16-12)11-4-6-15-7-5-11/h4-7,10,12-13H,1-3,8-9H2/t12-,13?/m0/s1. The molecule has 0 radical (unpaired) electrons. The number of likely N-dealkylation sites (tertiary alicyclic amines) is 1. The van der Waals surface area contributed by atoms with Gasteiger partial charge in [0.1, 0.15) is 0 Å². The first-order valence-electron chi connectivity index (χ1n) is 6.72. The minimum atomic E-state index is -0.444. The lowest BCUT2D eigenvalue weighted by Gasteiger charge is -2.29. The summed E-state index contributed by atoms with van der Waals surface area (Å²) in [6, 6.07) is 3.30. The van der Waals surface area contributed by atoms with E-state index in [1.807, 2.05) is 17.0 Å². The van der Waals surface area contributed by atoms with Crippen molar-refractivity contribution in [3.63, 3.8) is 0 Å². The number of carbonyl (C=O) groups excluding carboxylic acids is 1. The van der Waals surface area contributed by atoms with E-state index in [-0.39, 0.29) is 12.0 Å². The summed E-state index contributed by atoms with van der Waals surface area (Å²) in [6.45, 7) is 1.68. The number of rotatable bonds is 2. The van der Waals surface area contributed by atoms with Gasteiger partial charge in [-0.25, -0.2) is 4.99 Å². The molecule has 0 bridgehead atoms. The van der Waals surface area contributed by atoms with E-state index in [0.29, 0.717) is 0 Å². The van der Waals surface area contributed by atoms with Crippen LogP contribution in [0.2, 0.25) is 0 Å². The second kappa shape index (κ2) is 5.38. The van der Waals surface area contributed by atoms with Gasteiger partial charge in [-0.3, -0.25) is 9.78 Å². The third-order valence-electron chi connectivity index (χ3n) is 3.67. The Kier molecular flexibility index (Phi) is 3.44. The molecule has 2 atom stereocenters. The summed E-state index contributed by atoms with van der Waals surface area (Å²) in [7, 11) is 0. The molecular formula is C14H17N3O2. The van der Waals surface area contributed by atoms with Crippen LogP contribution >= 0.6 is 0 Å². The van der Waals surface area contributed by atoms with Crippen molar-refractivity contribution < 1.29 is 9.53 Å². The maximum Gasteiger partial charge on any atom is 0.251 e. The number of nitrogens with zero attached hydrogens (tertiary/aromatic N) is 3. The first-order chi connectivity index (χ1) is 9.36. The highest BCUT2D eigenvalue weighted by molar-refractivity contribution is 5.85.